The number of ether oxygens (including phenoxy) is 1. The lowest BCUT2D eigenvalue weighted by Gasteiger charge is -2.30. The Hall–Kier alpha value is -2.29. The summed E-state index contributed by atoms with van der Waals surface area (Å²) in [5.74, 6) is 0.00696. The van der Waals surface area contributed by atoms with E-state index in [0.717, 1.165) is 18.8 Å². The van der Waals surface area contributed by atoms with Crippen molar-refractivity contribution in [3.05, 3.63) is 69.4 Å². The second-order valence-electron chi connectivity index (χ2n) is 6.96. The summed E-state index contributed by atoms with van der Waals surface area (Å²) in [6, 6.07) is 13.7. The van der Waals surface area contributed by atoms with Gasteiger partial charge in [0.25, 0.3) is 5.91 Å². The van der Waals surface area contributed by atoms with Crippen LogP contribution in [0.1, 0.15) is 10.6 Å². The quantitative estimate of drug-likeness (QED) is 0.428. The predicted molar refractivity (Wildman–Crippen MR) is 132 cm³/mol. The maximum absolute atomic E-state index is 12.7. The molecule has 0 aliphatic carbocycles. The van der Waals surface area contributed by atoms with E-state index in [9.17, 15) is 4.79 Å². The standard InChI is InChI=1S/C22H18Cl3N3O3S/c23-13-1-3-16(25)15(11-13)19-5-6-20(31-19)21(29)27-22(32)26-17-12-14(24)2-4-18(17)28-7-9-30-10-8-28/h1-6,11-12H,7-10H2,(H2,26,27,29,32). The average molecular weight is 511 g/mol. The first-order valence-electron chi connectivity index (χ1n) is 9.70. The second kappa shape index (κ2) is 10.1. The van der Waals surface area contributed by atoms with E-state index in [1.54, 1.807) is 36.4 Å². The van der Waals surface area contributed by atoms with E-state index in [1.807, 2.05) is 12.1 Å². The normalized spacial score (nSPS) is 13.7. The van der Waals surface area contributed by atoms with Crippen molar-refractivity contribution in [1.29, 1.82) is 0 Å². The number of halogens is 3. The summed E-state index contributed by atoms with van der Waals surface area (Å²) in [7, 11) is 0. The highest BCUT2D eigenvalue weighted by Crippen LogP contribution is 2.32. The highest BCUT2D eigenvalue weighted by Gasteiger charge is 2.18. The number of hydrogen-bond donors (Lipinski definition) is 2. The maximum Gasteiger partial charge on any atom is 0.293 e. The van der Waals surface area contributed by atoms with E-state index in [-0.39, 0.29) is 10.9 Å². The molecule has 0 radical (unpaired) electrons. The number of amides is 1. The smallest absolute Gasteiger partial charge is 0.293 e. The molecule has 1 fully saturated rings. The van der Waals surface area contributed by atoms with Gasteiger partial charge in [-0.05, 0) is 60.7 Å². The van der Waals surface area contributed by atoms with Crippen molar-refractivity contribution >= 4 is 69.4 Å². The van der Waals surface area contributed by atoms with E-state index in [0.29, 0.717) is 45.3 Å². The lowest BCUT2D eigenvalue weighted by molar-refractivity contribution is 0.0951. The summed E-state index contributed by atoms with van der Waals surface area (Å²) in [5, 5.41) is 7.32. The zero-order valence-electron chi connectivity index (χ0n) is 16.7. The van der Waals surface area contributed by atoms with Crippen molar-refractivity contribution in [2.45, 2.75) is 0 Å². The molecule has 2 N–H and O–H groups in total. The summed E-state index contributed by atoms with van der Waals surface area (Å²) in [4.78, 5) is 14.8. The first-order chi connectivity index (χ1) is 15.4. The van der Waals surface area contributed by atoms with Crippen molar-refractivity contribution in [2.75, 3.05) is 36.5 Å². The highest BCUT2D eigenvalue weighted by molar-refractivity contribution is 7.80. The van der Waals surface area contributed by atoms with Crippen LogP contribution in [0.4, 0.5) is 11.4 Å². The Kier molecular flexibility index (Phi) is 7.23. The number of nitrogens with zero attached hydrogens (tertiary/aromatic N) is 1. The van der Waals surface area contributed by atoms with Gasteiger partial charge in [-0.1, -0.05) is 34.8 Å². The van der Waals surface area contributed by atoms with Gasteiger partial charge in [-0.25, -0.2) is 0 Å². The number of benzene rings is 2. The molecular weight excluding hydrogens is 493 g/mol. The van der Waals surface area contributed by atoms with Crippen LogP contribution in [0, 0.1) is 0 Å². The van der Waals surface area contributed by atoms with Crippen LogP contribution < -0.4 is 15.5 Å². The largest absolute Gasteiger partial charge is 0.451 e. The SMILES string of the molecule is O=C(NC(=S)Nc1cc(Cl)ccc1N1CCOCC1)c1ccc(-c2cc(Cl)ccc2Cl)o1. The van der Waals surface area contributed by atoms with Crippen molar-refractivity contribution < 1.29 is 13.9 Å². The molecule has 6 nitrogen and oxygen atoms in total. The van der Waals surface area contributed by atoms with Gasteiger partial charge in [0, 0.05) is 28.7 Å². The van der Waals surface area contributed by atoms with Crippen molar-refractivity contribution in [3.63, 3.8) is 0 Å². The van der Waals surface area contributed by atoms with E-state index < -0.39 is 5.91 Å². The summed E-state index contributed by atoms with van der Waals surface area (Å²) in [5.41, 5.74) is 2.20. The molecule has 4 rings (SSSR count). The molecule has 0 atom stereocenters. The fourth-order valence-electron chi connectivity index (χ4n) is 3.30. The van der Waals surface area contributed by atoms with Gasteiger partial charge in [0.2, 0.25) is 0 Å². The summed E-state index contributed by atoms with van der Waals surface area (Å²) < 4.78 is 11.1. The lowest BCUT2D eigenvalue weighted by atomic mass is 10.2. The van der Waals surface area contributed by atoms with Gasteiger partial charge in [0.15, 0.2) is 10.9 Å². The molecule has 2 heterocycles. The topological polar surface area (TPSA) is 66.7 Å². The Morgan fingerprint density at radius 1 is 0.969 bits per heavy atom. The fraction of sp³-hybridized carbons (Fsp3) is 0.182. The van der Waals surface area contributed by atoms with E-state index in [2.05, 4.69) is 15.5 Å². The first-order valence-corrected chi connectivity index (χ1v) is 11.2. The van der Waals surface area contributed by atoms with Crippen LogP contribution in [0.5, 0.6) is 0 Å². The Labute approximate surface area is 205 Å². The number of carbonyl (C=O) groups is 1. The van der Waals surface area contributed by atoms with Crippen LogP contribution in [0.2, 0.25) is 15.1 Å². The summed E-state index contributed by atoms with van der Waals surface area (Å²) in [6.07, 6.45) is 0. The number of nitrogens with one attached hydrogen (secondary N) is 2. The van der Waals surface area contributed by atoms with E-state index >= 15 is 0 Å². The van der Waals surface area contributed by atoms with Gasteiger partial charge in [0.05, 0.1) is 29.6 Å². The molecule has 1 aliphatic heterocycles. The molecule has 3 aromatic rings. The number of thiocarbonyl (C=S) groups is 1. The van der Waals surface area contributed by atoms with Crippen LogP contribution >= 0.6 is 47.0 Å². The third-order valence-corrected chi connectivity index (χ3v) is 5.81. The number of hydrogen-bond acceptors (Lipinski definition) is 5. The minimum Gasteiger partial charge on any atom is -0.451 e. The van der Waals surface area contributed by atoms with Crippen LogP contribution in [-0.4, -0.2) is 37.3 Å². The third-order valence-electron chi connectivity index (χ3n) is 4.81. The van der Waals surface area contributed by atoms with Crippen molar-refractivity contribution in [3.8, 4) is 11.3 Å². The fourth-order valence-corrected chi connectivity index (χ4v) is 4.06. The van der Waals surface area contributed by atoms with Crippen LogP contribution in [0.15, 0.2) is 52.9 Å². The molecule has 2 aromatic carbocycles. The van der Waals surface area contributed by atoms with Gasteiger partial charge in [0.1, 0.15) is 5.76 Å². The van der Waals surface area contributed by atoms with Crippen LogP contribution in [-0.2, 0) is 4.74 Å². The molecule has 0 spiro atoms. The molecule has 1 aromatic heterocycles. The first kappa shape index (κ1) is 22.9. The minimum absolute atomic E-state index is 0.0830. The van der Waals surface area contributed by atoms with Gasteiger partial charge < -0.3 is 19.4 Å². The Balaban J connectivity index is 1.46. The Bertz CT molecular complexity index is 1160. The maximum atomic E-state index is 12.7. The number of carbonyl (C=O) groups excluding carboxylic acids is 1. The molecular formula is C22H18Cl3N3O3S. The molecule has 0 unspecified atom stereocenters. The molecule has 166 valence electrons. The number of furan rings is 1. The predicted octanol–water partition coefficient (Wildman–Crippen LogP) is 5.87. The molecule has 1 amide bonds. The van der Waals surface area contributed by atoms with Gasteiger partial charge in [-0.2, -0.15) is 0 Å². The van der Waals surface area contributed by atoms with E-state index in [4.69, 9.17) is 56.2 Å². The molecule has 0 bridgehead atoms. The lowest BCUT2D eigenvalue weighted by Crippen LogP contribution is -2.38. The zero-order valence-corrected chi connectivity index (χ0v) is 19.7. The highest BCUT2D eigenvalue weighted by atomic mass is 35.5. The number of rotatable bonds is 4. The minimum atomic E-state index is -0.498. The molecule has 32 heavy (non-hydrogen) atoms. The number of anilines is 2. The molecule has 0 saturated carbocycles. The molecule has 1 aliphatic rings. The van der Waals surface area contributed by atoms with Crippen LogP contribution in [0.3, 0.4) is 0 Å². The molecule has 1 saturated heterocycles. The van der Waals surface area contributed by atoms with Crippen molar-refractivity contribution in [2.24, 2.45) is 0 Å². The second-order valence-corrected chi connectivity index (χ2v) is 8.65. The zero-order chi connectivity index (χ0) is 22.7. The van der Waals surface area contributed by atoms with E-state index in [1.165, 1.54) is 0 Å². The monoisotopic (exact) mass is 509 g/mol. The third kappa shape index (κ3) is 5.36. The van der Waals surface area contributed by atoms with Crippen molar-refractivity contribution in [1.82, 2.24) is 5.32 Å². The van der Waals surface area contributed by atoms with Gasteiger partial charge >= 0.3 is 0 Å². The van der Waals surface area contributed by atoms with Gasteiger partial charge in [-0.15, -0.1) is 0 Å². The Morgan fingerprint density at radius 2 is 1.69 bits per heavy atom. The average Bonchev–Trinajstić information content (AvgIpc) is 3.26. The van der Waals surface area contributed by atoms with Crippen LogP contribution in [0.25, 0.3) is 11.3 Å². The summed E-state index contributed by atoms with van der Waals surface area (Å²) in [6.45, 7) is 2.77. The molecule has 10 heteroatoms. The Morgan fingerprint density at radius 3 is 2.47 bits per heavy atom. The summed E-state index contributed by atoms with van der Waals surface area (Å²) >= 11 is 23.8. The van der Waals surface area contributed by atoms with Gasteiger partial charge in [-0.3, -0.25) is 10.1 Å². The number of morpholine rings is 1.